The summed E-state index contributed by atoms with van der Waals surface area (Å²) in [5, 5.41) is 12.0. The molecule has 3 rings (SSSR count). The van der Waals surface area contributed by atoms with Crippen LogP contribution in [0.25, 0.3) is 0 Å². The van der Waals surface area contributed by atoms with Gasteiger partial charge in [-0.2, -0.15) is 5.26 Å². The number of aryl methyl sites for hydroxylation is 1. The first-order chi connectivity index (χ1) is 13.6. The van der Waals surface area contributed by atoms with Crippen molar-refractivity contribution in [2.75, 3.05) is 12.4 Å². The van der Waals surface area contributed by atoms with Gasteiger partial charge in [0, 0.05) is 17.3 Å². The average molecular weight is 372 g/mol. The van der Waals surface area contributed by atoms with Gasteiger partial charge in [-0.3, -0.25) is 4.79 Å². The maximum atomic E-state index is 13.0. The van der Waals surface area contributed by atoms with Crippen molar-refractivity contribution in [3.8, 4) is 17.6 Å². The molecule has 0 bridgehead atoms. The summed E-state index contributed by atoms with van der Waals surface area (Å²) in [6.45, 7) is 1.98. The van der Waals surface area contributed by atoms with E-state index in [9.17, 15) is 4.79 Å². The second-order valence-electron chi connectivity index (χ2n) is 6.24. The fraction of sp³-hybridized carbons (Fsp3) is 0.130. The van der Waals surface area contributed by atoms with E-state index in [-0.39, 0.29) is 5.91 Å². The average Bonchev–Trinajstić information content (AvgIpc) is 2.74. The first-order valence-corrected chi connectivity index (χ1v) is 8.78. The fourth-order valence-corrected chi connectivity index (χ4v) is 2.71. The number of nitrogens with zero attached hydrogens (tertiary/aromatic N) is 1. The minimum absolute atomic E-state index is 0.304. The Morgan fingerprint density at radius 3 is 2.36 bits per heavy atom. The predicted molar refractivity (Wildman–Crippen MR) is 107 cm³/mol. The predicted octanol–water partition coefficient (Wildman–Crippen LogP) is 4.63. The molecule has 3 aromatic carbocycles. The lowest BCUT2D eigenvalue weighted by Gasteiger charge is -2.20. The zero-order valence-corrected chi connectivity index (χ0v) is 15.7. The summed E-state index contributed by atoms with van der Waals surface area (Å²) in [6, 6.07) is 23.7. The summed E-state index contributed by atoms with van der Waals surface area (Å²) in [5.41, 5.74) is 2.95. The highest BCUT2D eigenvalue weighted by molar-refractivity contribution is 5.95. The van der Waals surface area contributed by atoms with E-state index in [4.69, 9.17) is 14.7 Å². The Bertz CT molecular complexity index is 993. The molecule has 0 aliphatic rings. The van der Waals surface area contributed by atoms with E-state index in [0.29, 0.717) is 28.3 Å². The molecule has 0 spiro atoms. The van der Waals surface area contributed by atoms with E-state index in [1.165, 1.54) is 7.11 Å². The first-order valence-electron chi connectivity index (χ1n) is 8.78. The molecular formula is C23H20N2O3. The molecule has 5 nitrogen and oxygen atoms in total. The van der Waals surface area contributed by atoms with Gasteiger partial charge in [0.1, 0.15) is 0 Å². The molecule has 0 fully saturated rings. The van der Waals surface area contributed by atoms with Crippen LogP contribution in [0, 0.1) is 18.3 Å². The van der Waals surface area contributed by atoms with Crippen molar-refractivity contribution < 1.29 is 14.3 Å². The summed E-state index contributed by atoms with van der Waals surface area (Å²) in [4.78, 5) is 13.0. The van der Waals surface area contributed by atoms with E-state index in [1.54, 1.807) is 18.2 Å². The molecule has 0 aromatic heterocycles. The molecule has 0 saturated heterocycles. The van der Waals surface area contributed by atoms with Gasteiger partial charge in [-0.25, -0.2) is 0 Å². The van der Waals surface area contributed by atoms with E-state index >= 15 is 0 Å². The monoisotopic (exact) mass is 372 g/mol. The van der Waals surface area contributed by atoms with Gasteiger partial charge in [-0.05, 0) is 31.2 Å². The maximum Gasteiger partial charge on any atom is 0.270 e. The topological polar surface area (TPSA) is 71.3 Å². The van der Waals surface area contributed by atoms with Gasteiger partial charge in [-0.15, -0.1) is 0 Å². The quantitative estimate of drug-likeness (QED) is 0.684. The van der Waals surface area contributed by atoms with Gasteiger partial charge in [0.15, 0.2) is 11.5 Å². The fourth-order valence-electron chi connectivity index (χ4n) is 2.71. The molecule has 1 unspecified atom stereocenters. The van der Waals surface area contributed by atoms with Crippen molar-refractivity contribution in [3.05, 3.63) is 89.5 Å². The largest absolute Gasteiger partial charge is 0.493 e. The van der Waals surface area contributed by atoms with Gasteiger partial charge in [0.05, 0.1) is 18.7 Å². The van der Waals surface area contributed by atoms with Crippen molar-refractivity contribution in [2.45, 2.75) is 13.0 Å². The molecule has 1 N–H and O–H groups in total. The molecule has 5 heteroatoms. The van der Waals surface area contributed by atoms with Crippen molar-refractivity contribution in [2.24, 2.45) is 0 Å². The van der Waals surface area contributed by atoms with E-state index < -0.39 is 6.10 Å². The Morgan fingerprint density at radius 1 is 1.00 bits per heavy atom. The van der Waals surface area contributed by atoms with E-state index in [2.05, 4.69) is 11.4 Å². The Labute approximate surface area is 164 Å². The molecule has 1 amide bonds. The van der Waals surface area contributed by atoms with Crippen molar-refractivity contribution in [1.29, 1.82) is 5.26 Å². The highest BCUT2D eigenvalue weighted by Gasteiger charge is 2.24. The number of carbonyl (C=O) groups excluding carboxylic acids is 1. The third-order valence-corrected chi connectivity index (χ3v) is 4.20. The second-order valence-corrected chi connectivity index (χ2v) is 6.24. The highest BCUT2D eigenvalue weighted by atomic mass is 16.5. The normalized spacial score (nSPS) is 11.2. The second kappa shape index (κ2) is 8.74. The van der Waals surface area contributed by atoms with Crippen molar-refractivity contribution in [3.63, 3.8) is 0 Å². The number of benzene rings is 3. The Kier molecular flexibility index (Phi) is 5.93. The third-order valence-electron chi connectivity index (χ3n) is 4.20. The zero-order chi connectivity index (χ0) is 19.9. The number of nitriles is 1. The Hall–Kier alpha value is -3.78. The summed E-state index contributed by atoms with van der Waals surface area (Å²) in [7, 11) is 1.49. The number of nitrogens with one attached hydrogen (secondary N) is 1. The number of hydrogen-bond donors (Lipinski definition) is 1. The number of amides is 1. The SMILES string of the molecule is COc1cc(C#N)ccc1OC(C(=O)Nc1ccc(C)cc1)c1ccccc1. The molecule has 3 aromatic rings. The summed E-state index contributed by atoms with van der Waals surface area (Å²) in [6.07, 6.45) is -0.885. The number of ether oxygens (including phenoxy) is 2. The van der Waals surface area contributed by atoms with E-state index in [1.807, 2.05) is 61.5 Å². The van der Waals surface area contributed by atoms with Crippen LogP contribution in [0.5, 0.6) is 11.5 Å². The summed E-state index contributed by atoms with van der Waals surface area (Å²) < 4.78 is 11.4. The van der Waals surface area contributed by atoms with E-state index in [0.717, 1.165) is 5.56 Å². The molecule has 0 saturated carbocycles. The van der Waals surface area contributed by atoms with Crippen molar-refractivity contribution in [1.82, 2.24) is 0 Å². The minimum atomic E-state index is -0.885. The summed E-state index contributed by atoms with van der Waals surface area (Å²) in [5.74, 6) is 0.471. The van der Waals surface area contributed by atoms with Gasteiger partial charge in [-0.1, -0.05) is 48.0 Å². The maximum absolute atomic E-state index is 13.0. The molecule has 140 valence electrons. The Morgan fingerprint density at radius 2 is 1.71 bits per heavy atom. The van der Waals surface area contributed by atoms with Crippen molar-refractivity contribution >= 4 is 11.6 Å². The third kappa shape index (κ3) is 4.49. The molecule has 1 atom stereocenters. The number of anilines is 1. The molecule has 0 aliphatic heterocycles. The Balaban J connectivity index is 1.91. The molecule has 0 aliphatic carbocycles. The number of hydrogen-bond acceptors (Lipinski definition) is 4. The number of carbonyl (C=O) groups is 1. The molecule has 0 heterocycles. The van der Waals surface area contributed by atoms with Gasteiger partial charge in [0.2, 0.25) is 6.10 Å². The zero-order valence-electron chi connectivity index (χ0n) is 15.7. The lowest BCUT2D eigenvalue weighted by atomic mass is 10.1. The van der Waals surface area contributed by atoms with Gasteiger partial charge < -0.3 is 14.8 Å². The number of rotatable bonds is 6. The van der Waals surface area contributed by atoms with Gasteiger partial charge in [0.25, 0.3) is 5.91 Å². The van der Waals surface area contributed by atoms with Crippen LogP contribution in [0.4, 0.5) is 5.69 Å². The lowest BCUT2D eigenvalue weighted by molar-refractivity contribution is -0.123. The van der Waals surface area contributed by atoms with Crippen LogP contribution < -0.4 is 14.8 Å². The van der Waals surface area contributed by atoms with Gasteiger partial charge >= 0.3 is 0 Å². The molecule has 28 heavy (non-hydrogen) atoms. The van der Waals surface area contributed by atoms with Crippen LogP contribution in [0.15, 0.2) is 72.8 Å². The molecule has 0 radical (unpaired) electrons. The summed E-state index contributed by atoms with van der Waals surface area (Å²) >= 11 is 0. The standard InChI is InChI=1S/C23H20N2O3/c1-16-8-11-19(12-9-16)25-23(26)22(18-6-4-3-5-7-18)28-20-13-10-17(15-24)14-21(20)27-2/h3-14,22H,1-2H3,(H,25,26). The van der Waals surface area contributed by atoms with Crippen LogP contribution in [-0.4, -0.2) is 13.0 Å². The number of methoxy groups -OCH3 is 1. The van der Waals surface area contributed by atoms with Crippen LogP contribution >= 0.6 is 0 Å². The lowest BCUT2D eigenvalue weighted by Crippen LogP contribution is -2.25. The smallest absolute Gasteiger partial charge is 0.270 e. The van der Waals surface area contributed by atoms with Crippen LogP contribution in [0.2, 0.25) is 0 Å². The van der Waals surface area contributed by atoms with Crippen LogP contribution in [0.3, 0.4) is 0 Å². The van der Waals surface area contributed by atoms with Crippen LogP contribution in [-0.2, 0) is 4.79 Å². The first kappa shape index (κ1) is 19.0. The van der Waals surface area contributed by atoms with Crippen LogP contribution in [0.1, 0.15) is 22.8 Å². The minimum Gasteiger partial charge on any atom is -0.493 e. The highest BCUT2D eigenvalue weighted by Crippen LogP contribution is 2.32. The molecular weight excluding hydrogens is 352 g/mol.